The van der Waals surface area contributed by atoms with Gasteiger partial charge in [-0.05, 0) is 37.3 Å². The van der Waals surface area contributed by atoms with E-state index in [0.29, 0.717) is 16.5 Å². The Morgan fingerprint density at radius 1 is 1.16 bits per heavy atom. The van der Waals surface area contributed by atoms with Crippen LogP contribution >= 0.6 is 0 Å². The zero-order chi connectivity index (χ0) is 18.2. The molecule has 0 amide bonds. The molecule has 0 aliphatic rings. The van der Waals surface area contributed by atoms with Crippen molar-refractivity contribution in [2.75, 3.05) is 6.61 Å². The maximum atomic E-state index is 12.7. The van der Waals surface area contributed by atoms with E-state index < -0.39 is 17.7 Å². The first-order valence-corrected chi connectivity index (χ1v) is 7.41. The molecule has 2 aromatic carbocycles. The van der Waals surface area contributed by atoms with E-state index in [0.717, 1.165) is 12.1 Å². The molecule has 0 saturated heterocycles. The van der Waals surface area contributed by atoms with E-state index in [9.17, 15) is 23.1 Å². The van der Waals surface area contributed by atoms with Crippen LogP contribution in [0.15, 0.2) is 46.9 Å². The highest BCUT2D eigenvalue weighted by Crippen LogP contribution is 2.37. The number of alkyl halides is 3. The van der Waals surface area contributed by atoms with Crippen LogP contribution in [0.1, 0.15) is 22.8 Å². The predicted octanol–water partition coefficient (Wildman–Crippen LogP) is 5.00. The molecule has 0 aliphatic carbocycles. The third-order valence-electron chi connectivity index (χ3n) is 3.63. The quantitative estimate of drug-likeness (QED) is 0.675. The molecule has 1 aromatic heterocycles. The highest BCUT2D eigenvalue weighted by molar-refractivity contribution is 6.09. The van der Waals surface area contributed by atoms with Gasteiger partial charge in [-0.1, -0.05) is 12.1 Å². The van der Waals surface area contributed by atoms with E-state index in [-0.39, 0.29) is 23.7 Å². The molecule has 0 atom stereocenters. The second-order valence-electron chi connectivity index (χ2n) is 5.28. The average Bonchev–Trinajstić information content (AvgIpc) is 2.93. The van der Waals surface area contributed by atoms with Crippen LogP contribution in [0.2, 0.25) is 0 Å². The van der Waals surface area contributed by atoms with E-state index in [1.165, 1.54) is 30.3 Å². The Morgan fingerprint density at radius 2 is 1.84 bits per heavy atom. The van der Waals surface area contributed by atoms with Gasteiger partial charge in [-0.15, -0.1) is 0 Å². The Labute approximate surface area is 140 Å². The summed E-state index contributed by atoms with van der Waals surface area (Å²) < 4.78 is 48.8. The first kappa shape index (κ1) is 16.9. The number of aromatic hydroxyl groups is 1. The lowest BCUT2D eigenvalue weighted by Gasteiger charge is -2.07. The van der Waals surface area contributed by atoms with Crippen molar-refractivity contribution in [2.45, 2.75) is 13.1 Å². The number of phenolic OH excluding ortho intramolecular Hbond substituents is 1. The van der Waals surface area contributed by atoms with Crippen LogP contribution in [0.4, 0.5) is 13.2 Å². The van der Waals surface area contributed by atoms with E-state index in [2.05, 4.69) is 0 Å². The Kier molecular flexibility index (Phi) is 4.16. The number of rotatable bonds is 3. The number of furan rings is 1. The maximum Gasteiger partial charge on any atom is 0.416 e. The van der Waals surface area contributed by atoms with E-state index in [4.69, 9.17) is 9.15 Å². The minimum atomic E-state index is -4.46. The third-order valence-corrected chi connectivity index (χ3v) is 3.63. The van der Waals surface area contributed by atoms with Crippen molar-refractivity contribution < 1.29 is 32.2 Å². The fraction of sp³-hybridized carbons (Fsp3) is 0.167. The van der Waals surface area contributed by atoms with Crippen molar-refractivity contribution in [3.63, 3.8) is 0 Å². The van der Waals surface area contributed by atoms with Gasteiger partial charge in [-0.25, -0.2) is 4.79 Å². The Balaban J connectivity index is 2.18. The lowest BCUT2D eigenvalue weighted by Crippen LogP contribution is -2.06. The Morgan fingerprint density at radius 3 is 2.44 bits per heavy atom. The van der Waals surface area contributed by atoms with Gasteiger partial charge in [-0.3, -0.25) is 0 Å². The molecule has 0 bridgehead atoms. The fourth-order valence-corrected chi connectivity index (χ4v) is 2.51. The molecular formula is C18H13F3O4. The minimum Gasteiger partial charge on any atom is -0.508 e. The lowest BCUT2D eigenvalue weighted by molar-refractivity contribution is -0.137. The summed E-state index contributed by atoms with van der Waals surface area (Å²) in [4.78, 5) is 12.3. The lowest BCUT2D eigenvalue weighted by atomic mass is 10.0. The number of fused-ring (bicyclic) bond motifs is 1. The molecule has 4 nitrogen and oxygen atoms in total. The number of halogens is 3. The topological polar surface area (TPSA) is 59.7 Å². The van der Waals surface area contributed by atoms with Gasteiger partial charge < -0.3 is 14.3 Å². The van der Waals surface area contributed by atoms with E-state index in [1.807, 2.05) is 0 Å². The second-order valence-corrected chi connectivity index (χ2v) is 5.28. The molecule has 0 radical (unpaired) electrons. The normalized spacial score (nSPS) is 11.7. The molecule has 0 aliphatic heterocycles. The van der Waals surface area contributed by atoms with Crippen LogP contribution < -0.4 is 0 Å². The zero-order valence-electron chi connectivity index (χ0n) is 13.1. The van der Waals surface area contributed by atoms with Crippen molar-refractivity contribution >= 4 is 16.9 Å². The summed E-state index contributed by atoms with van der Waals surface area (Å²) >= 11 is 0. The largest absolute Gasteiger partial charge is 0.508 e. The number of ether oxygens (including phenoxy) is 1. The first-order valence-electron chi connectivity index (χ1n) is 7.41. The fourth-order valence-electron chi connectivity index (χ4n) is 2.51. The summed E-state index contributed by atoms with van der Waals surface area (Å²) in [7, 11) is 0. The third kappa shape index (κ3) is 3.17. The predicted molar refractivity (Wildman–Crippen MR) is 84.3 cm³/mol. The summed E-state index contributed by atoms with van der Waals surface area (Å²) in [5.41, 5.74) is -0.127. The van der Waals surface area contributed by atoms with Crippen LogP contribution in [-0.2, 0) is 10.9 Å². The minimum absolute atomic E-state index is 0.0625. The number of benzene rings is 2. The number of hydrogen-bond donors (Lipinski definition) is 1. The van der Waals surface area contributed by atoms with Crippen molar-refractivity contribution in [1.82, 2.24) is 0 Å². The molecule has 3 rings (SSSR count). The van der Waals surface area contributed by atoms with Gasteiger partial charge in [0.05, 0.1) is 12.2 Å². The summed E-state index contributed by atoms with van der Waals surface area (Å²) in [5.74, 6) is -0.660. The standard InChI is InChI=1S/C18H13F3O4/c1-2-24-17(23)15-13-9-12(22)7-8-14(13)25-16(15)10-3-5-11(6-4-10)18(19,20)21/h3-9,22H,2H2,1H3. The van der Waals surface area contributed by atoms with Crippen LogP contribution in [0.5, 0.6) is 5.75 Å². The van der Waals surface area contributed by atoms with Gasteiger partial charge in [0.25, 0.3) is 0 Å². The van der Waals surface area contributed by atoms with Gasteiger partial charge >= 0.3 is 12.1 Å². The SMILES string of the molecule is CCOC(=O)c1c(-c2ccc(C(F)(F)F)cc2)oc2ccc(O)cc12. The molecule has 7 heteroatoms. The summed E-state index contributed by atoms with van der Waals surface area (Å²) in [6.07, 6.45) is -4.46. The van der Waals surface area contributed by atoms with Crippen molar-refractivity contribution in [2.24, 2.45) is 0 Å². The summed E-state index contributed by atoms with van der Waals surface area (Å²) in [6.45, 7) is 1.76. The van der Waals surface area contributed by atoms with Crippen molar-refractivity contribution in [3.8, 4) is 17.1 Å². The average molecular weight is 350 g/mol. The highest BCUT2D eigenvalue weighted by atomic mass is 19.4. The number of esters is 1. The summed E-state index contributed by atoms with van der Waals surface area (Å²) in [6, 6.07) is 8.48. The van der Waals surface area contributed by atoms with Crippen LogP contribution in [0.25, 0.3) is 22.3 Å². The molecule has 0 saturated carbocycles. The van der Waals surface area contributed by atoms with Crippen molar-refractivity contribution in [1.29, 1.82) is 0 Å². The molecule has 3 aromatic rings. The zero-order valence-corrected chi connectivity index (χ0v) is 13.1. The molecular weight excluding hydrogens is 337 g/mol. The second kappa shape index (κ2) is 6.16. The smallest absolute Gasteiger partial charge is 0.416 e. The Bertz CT molecular complexity index is 924. The number of carbonyl (C=O) groups excluding carboxylic acids is 1. The summed E-state index contributed by atoms with van der Waals surface area (Å²) in [5, 5.41) is 9.98. The number of phenols is 1. The van der Waals surface area contributed by atoms with Gasteiger partial charge in [-0.2, -0.15) is 13.2 Å². The molecule has 0 unspecified atom stereocenters. The van der Waals surface area contributed by atoms with E-state index >= 15 is 0 Å². The van der Waals surface area contributed by atoms with Gasteiger partial charge in [0.2, 0.25) is 0 Å². The van der Waals surface area contributed by atoms with Crippen LogP contribution in [0.3, 0.4) is 0 Å². The Hall–Kier alpha value is -2.96. The molecule has 25 heavy (non-hydrogen) atoms. The van der Waals surface area contributed by atoms with Crippen molar-refractivity contribution in [3.05, 3.63) is 53.6 Å². The van der Waals surface area contributed by atoms with E-state index in [1.54, 1.807) is 6.92 Å². The number of carbonyl (C=O) groups is 1. The number of hydrogen-bond acceptors (Lipinski definition) is 4. The van der Waals surface area contributed by atoms with Gasteiger partial charge in [0.15, 0.2) is 0 Å². The molecule has 1 heterocycles. The van der Waals surface area contributed by atoms with Gasteiger partial charge in [0.1, 0.15) is 22.7 Å². The van der Waals surface area contributed by atoms with Crippen LogP contribution in [-0.4, -0.2) is 17.7 Å². The monoisotopic (exact) mass is 350 g/mol. The molecule has 0 spiro atoms. The maximum absolute atomic E-state index is 12.7. The van der Waals surface area contributed by atoms with Crippen LogP contribution in [0, 0.1) is 0 Å². The highest BCUT2D eigenvalue weighted by Gasteiger charge is 2.30. The molecule has 1 N–H and O–H groups in total. The molecule has 0 fully saturated rings. The van der Waals surface area contributed by atoms with Gasteiger partial charge in [0, 0.05) is 10.9 Å². The molecule has 130 valence electrons. The first-order chi connectivity index (χ1) is 11.8.